The Morgan fingerprint density at radius 3 is 2.50 bits per heavy atom. The van der Waals surface area contributed by atoms with Gasteiger partial charge in [0, 0.05) is 6.54 Å². The largest absolute Gasteiger partial charge is 0.327 e. The molecule has 0 saturated heterocycles. The Kier molecular flexibility index (Phi) is 5.55. The summed E-state index contributed by atoms with van der Waals surface area (Å²) in [5.41, 5.74) is 5.16. The lowest BCUT2D eigenvalue weighted by Gasteiger charge is -1.72. The third-order valence-electron chi connectivity index (χ3n) is 0.630. The van der Waals surface area contributed by atoms with Crippen LogP contribution < -0.4 is 5.73 Å². The van der Waals surface area contributed by atoms with Crippen molar-refractivity contribution in [3.63, 3.8) is 0 Å². The molecule has 0 aromatic rings. The van der Waals surface area contributed by atoms with Gasteiger partial charge in [-0.2, -0.15) is 0 Å². The Bertz CT molecular complexity index is 101. The smallest absolute Gasteiger partial charge is 0.0109 e. The van der Waals surface area contributed by atoms with Crippen molar-refractivity contribution in [2.75, 3.05) is 6.54 Å². The lowest BCUT2D eigenvalue weighted by molar-refractivity contribution is 1.25. The van der Waals surface area contributed by atoms with E-state index in [2.05, 4.69) is 6.58 Å². The van der Waals surface area contributed by atoms with Crippen LogP contribution in [0.3, 0.4) is 0 Å². The number of hydrogen-bond acceptors (Lipinski definition) is 1. The molecular formula is C7H11N. The average molecular weight is 109 g/mol. The second-order valence-corrected chi connectivity index (χ2v) is 1.28. The Morgan fingerprint density at radius 1 is 1.25 bits per heavy atom. The van der Waals surface area contributed by atoms with E-state index in [1.54, 1.807) is 6.08 Å². The number of rotatable bonds is 3. The normalized spacial score (nSPS) is 11.1. The van der Waals surface area contributed by atoms with Crippen molar-refractivity contribution in [2.24, 2.45) is 5.73 Å². The fourth-order valence-electron chi connectivity index (χ4n) is 0.300. The van der Waals surface area contributed by atoms with Crippen LogP contribution in [0.15, 0.2) is 37.0 Å². The van der Waals surface area contributed by atoms with Crippen LogP contribution >= 0.6 is 0 Å². The Morgan fingerprint density at radius 2 is 2.00 bits per heavy atom. The highest BCUT2D eigenvalue weighted by molar-refractivity contribution is 5.08. The first-order valence-electron chi connectivity index (χ1n) is 2.56. The van der Waals surface area contributed by atoms with Gasteiger partial charge in [-0.25, -0.2) is 0 Å². The molecule has 2 N–H and O–H groups in total. The Hall–Kier alpha value is -0.820. The summed E-state index contributed by atoms with van der Waals surface area (Å²) in [7, 11) is 0. The molecule has 0 rings (SSSR count). The van der Waals surface area contributed by atoms with Crippen molar-refractivity contribution in [3.05, 3.63) is 37.0 Å². The third-order valence-corrected chi connectivity index (χ3v) is 0.630. The van der Waals surface area contributed by atoms with Crippen LogP contribution in [0, 0.1) is 0 Å². The molecular weight excluding hydrogens is 98.1 g/mol. The molecule has 0 aromatic heterocycles. The lowest BCUT2D eigenvalue weighted by Crippen LogP contribution is -1.91. The van der Waals surface area contributed by atoms with E-state index in [0.29, 0.717) is 6.54 Å². The van der Waals surface area contributed by atoms with E-state index >= 15 is 0 Å². The van der Waals surface area contributed by atoms with E-state index in [1.165, 1.54) is 0 Å². The van der Waals surface area contributed by atoms with Crippen LogP contribution in [0.1, 0.15) is 0 Å². The highest BCUT2D eigenvalue weighted by Gasteiger charge is 1.58. The summed E-state index contributed by atoms with van der Waals surface area (Å²) in [6, 6.07) is 0. The molecule has 0 fully saturated rings. The average Bonchev–Trinajstić information content (AvgIpc) is 1.81. The number of nitrogens with two attached hydrogens (primary N) is 1. The number of hydrogen-bond donors (Lipinski definition) is 1. The molecule has 8 heavy (non-hydrogen) atoms. The summed E-state index contributed by atoms with van der Waals surface area (Å²) in [5.74, 6) is 0. The molecule has 0 aliphatic carbocycles. The van der Waals surface area contributed by atoms with Crippen molar-refractivity contribution in [1.29, 1.82) is 0 Å². The molecule has 0 aromatic carbocycles. The zero-order valence-electron chi connectivity index (χ0n) is 4.88. The molecule has 0 saturated carbocycles. The molecule has 0 aliphatic rings. The summed E-state index contributed by atoms with van der Waals surface area (Å²) in [6.07, 6.45) is 9.23. The molecule has 0 unspecified atom stereocenters. The van der Waals surface area contributed by atoms with E-state index in [4.69, 9.17) is 5.73 Å². The van der Waals surface area contributed by atoms with E-state index in [9.17, 15) is 0 Å². The molecule has 0 radical (unpaired) electrons. The summed E-state index contributed by atoms with van der Waals surface area (Å²) in [6.45, 7) is 4.11. The first-order chi connectivity index (χ1) is 3.91. The zero-order chi connectivity index (χ0) is 6.24. The topological polar surface area (TPSA) is 26.0 Å². The molecule has 0 bridgehead atoms. The van der Waals surface area contributed by atoms with Gasteiger partial charge in [-0.05, 0) is 0 Å². The summed E-state index contributed by atoms with van der Waals surface area (Å²) in [4.78, 5) is 0. The second kappa shape index (κ2) is 6.18. The molecule has 1 heteroatoms. The zero-order valence-corrected chi connectivity index (χ0v) is 4.88. The molecule has 1 nitrogen and oxygen atoms in total. The molecule has 0 atom stereocenters. The van der Waals surface area contributed by atoms with E-state index in [0.717, 1.165) is 0 Å². The highest BCUT2D eigenvalue weighted by atomic mass is 14.5. The van der Waals surface area contributed by atoms with Crippen LogP contribution in [0.5, 0.6) is 0 Å². The standard InChI is InChI=1S/C7H11N/c1-2-3-4-5-6-7-8/h2-6H,1,7-8H2. The molecule has 0 amide bonds. The van der Waals surface area contributed by atoms with Crippen molar-refractivity contribution >= 4 is 0 Å². The second-order valence-electron chi connectivity index (χ2n) is 1.28. The van der Waals surface area contributed by atoms with Crippen molar-refractivity contribution in [3.8, 4) is 0 Å². The Labute approximate surface area is 50.2 Å². The SMILES string of the molecule is C=CC=CC=CCN. The van der Waals surface area contributed by atoms with Crippen LogP contribution in [0.2, 0.25) is 0 Å². The van der Waals surface area contributed by atoms with E-state index < -0.39 is 0 Å². The van der Waals surface area contributed by atoms with Gasteiger partial charge in [0.25, 0.3) is 0 Å². The minimum absolute atomic E-state index is 0.599. The van der Waals surface area contributed by atoms with Crippen molar-refractivity contribution in [2.45, 2.75) is 0 Å². The summed E-state index contributed by atoms with van der Waals surface area (Å²) in [5, 5.41) is 0. The molecule has 0 spiro atoms. The maximum atomic E-state index is 5.16. The Balaban J connectivity index is 3.26. The van der Waals surface area contributed by atoms with Crippen LogP contribution in [-0.2, 0) is 0 Å². The van der Waals surface area contributed by atoms with Gasteiger partial charge in [0.15, 0.2) is 0 Å². The van der Waals surface area contributed by atoms with Crippen molar-refractivity contribution in [1.82, 2.24) is 0 Å². The van der Waals surface area contributed by atoms with Crippen LogP contribution in [-0.4, -0.2) is 6.54 Å². The van der Waals surface area contributed by atoms with Gasteiger partial charge in [-0.15, -0.1) is 0 Å². The van der Waals surface area contributed by atoms with Gasteiger partial charge >= 0.3 is 0 Å². The lowest BCUT2D eigenvalue weighted by atomic mass is 10.4. The van der Waals surface area contributed by atoms with Gasteiger partial charge in [-0.3, -0.25) is 0 Å². The first-order valence-corrected chi connectivity index (χ1v) is 2.56. The fourth-order valence-corrected chi connectivity index (χ4v) is 0.300. The maximum absolute atomic E-state index is 5.16. The quantitative estimate of drug-likeness (QED) is 0.542. The van der Waals surface area contributed by atoms with Crippen LogP contribution in [0.4, 0.5) is 0 Å². The molecule has 44 valence electrons. The van der Waals surface area contributed by atoms with E-state index in [1.807, 2.05) is 24.3 Å². The fraction of sp³-hybridized carbons (Fsp3) is 0.143. The van der Waals surface area contributed by atoms with Crippen LogP contribution in [0.25, 0.3) is 0 Å². The van der Waals surface area contributed by atoms with Crippen molar-refractivity contribution < 1.29 is 0 Å². The van der Waals surface area contributed by atoms with Gasteiger partial charge in [0.1, 0.15) is 0 Å². The predicted molar refractivity (Wildman–Crippen MR) is 37.5 cm³/mol. The molecule has 0 heterocycles. The number of allylic oxidation sites excluding steroid dienone is 4. The maximum Gasteiger partial charge on any atom is 0.0109 e. The minimum atomic E-state index is 0.599. The van der Waals surface area contributed by atoms with Gasteiger partial charge in [-0.1, -0.05) is 37.0 Å². The van der Waals surface area contributed by atoms with Gasteiger partial charge in [0.2, 0.25) is 0 Å². The van der Waals surface area contributed by atoms with Gasteiger partial charge in [0.05, 0.1) is 0 Å². The van der Waals surface area contributed by atoms with E-state index in [-0.39, 0.29) is 0 Å². The monoisotopic (exact) mass is 109 g/mol. The minimum Gasteiger partial charge on any atom is -0.327 e. The predicted octanol–water partition coefficient (Wildman–Crippen LogP) is 1.24. The summed E-state index contributed by atoms with van der Waals surface area (Å²) < 4.78 is 0. The molecule has 0 aliphatic heterocycles. The first kappa shape index (κ1) is 7.18. The third kappa shape index (κ3) is 5.18. The van der Waals surface area contributed by atoms with Gasteiger partial charge < -0.3 is 5.73 Å². The summed E-state index contributed by atoms with van der Waals surface area (Å²) >= 11 is 0. The highest BCUT2D eigenvalue weighted by Crippen LogP contribution is 1.74.